The fourth-order valence-electron chi connectivity index (χ4n) is 2.13. The molecule has 1 heterocycles. The van der Waals surface area contributed by atoms with Gasteiger partial charge >= 0.3 is 0 Å². The van der Waals surface area contributed by atoms with Gasteiger partial charge < -0.3 is 4.74 Å². The highest BCUT2D eigenvalue weighted by Crippen LogP contribution is 2.30. The van der Waals surface area contributed by atoms with Gasteiger partial charge in [-0.1, -0.05) is 66.2 Å². The van der Waals surface area contributed by atoms with E-state index in [4.69, 9.17) is 16.3 Å². The summed E-state index contributed by atoms with van der Waals surface area (Å²) in [6, 6.07) is 23.7. The first-order valence-electron chi connectivity index (χ1n) is 6.71. The van der Waals surface area contributed by atoms with Crippen molar-refractivity contribution in [2.75, 3.05) is 0 Å². The van der Waals surface area contributed by atoms with E-state index in [9.17, 15) is 0 Å². The Hall–Kier alpha value is -2.32. The summed E-state index contributed by atoms with van der Waals surface area (Å²) >= 11 is 5.89. The lowest BCUT2D eigenvalue weighted by Gasteiger charge is -2.11. The molecule has 0 aliphatic heterocycles. The zero-order valence-corrected chi connectivity index (χ0v) is 12.1. The van der Waals surface area contributed by atoms with E-state index in [-0.39, 0.29) is 0 Å². The summed E-state index contributed by atoms with van der Waals surface area (Å²) in [6.07, 6.45) is 0. The smallest absolute Gasteiger partial charge is 0.130 e. The Morgan fingerprint density at radius 3 is 2.38 bits per heavy atom. The maximum Gasteiger partial charge on any atom is 0.130 e. The van der Waals surface area contributed by atoms with Crippen LogP contribution < -0.4 is 4.74 Å². The maximum atomic E-state index is 5.91. The summed E-state index contributed by atoms with van der Waals surface area (Å²) in [4.78, 5) is 4.23. The molecule has 3 heteroatoms. The molecule has 0 amide bonds. The highest BCUT2D eigenvalue weighted by atomic mass is 35.5. The third-order valence-electron chi connectivity index (χ3n) is 3.12. The van der Waals surface area contributed by atoms with Gasteiger partial charge in [-0.05, 0) is 23.8 Å². The highest BCUT2D eigenvalue weighted by Gasteiger charge is 2.06. The van der Waals surface area contributed by atoms with E-state index >= 15 is 0 Å². The van der Waals surface area contributed by atoms with Crippen LogP contribution in [0.15, 0.2) is 72.8 Å². The number of aromatic nitrogens is 1. The molecule has 0 saturated carbocycles. The van der Waals surface area contributed by atoms with Gasteiger partial charge in [-0.15, -0.1) is 0 Å². The van der Waals surface area contributed by atoms with Crippen LogP contribution in [0, 0.1) is 0 Å². The molecule has 1 aromatic heterocycles. The molecule has 0 bridgehead atoms. The summed E-state index contributed by atoms with van der Waals surface area (Å²) in [5.74, 6) is 0.838. The van der Waals surface area contributed by atoms with Crippen molar-refractivity contribution in [3.8, 4) is 16.9 Å². The molecule has 21 heavy (non-hydrogen) atoms. The number of nitrogens with zero attached hydrogens (tertiary/aromatic N) is 1. The number of para-hydroxylation sites is 1. The third kappa shape index (κ3) is 3.41. The Bertz CT molecular complexity index is 728. The first kappa shape index (κ1) is 13.7. The molecule has 0 N–H and O–H groups in total. The van der Waals surface area contributed by atoms with Crippen LogP contribution in [0.1, 0.15) is 5.69 Å². The summed E-state index contributed by atoms with van der Waals surface area (Å²) in [6.45, 7) is 0.393. The Morgan fingerprint density at radius 2 is 1.57 bits per heavy atom. The fourth-order valence-corrected chi connectivity index (χ4v) is 2.31. The normalized spacial score (nSPS) is 10.3. The van der Waals surface area contributed by atoms with E-state index in [1.807, 2.05) is 48.5 Å². The number of rotatable bonds is 4. The molecule has 3 rings (SSSR count). The zero-order valence-electron chi connectivity index (χ0n) is 11.4. The average Bonchev–Trinajstić information content (AvgIpc) is 2.54. The molecule has 0 radical (unpaired) electrons. The fraction of sp³-hybridized carbons (Fsp3) is 0.0556. The summed E-state index contributed by atoms with van der Waals surface area (Å²) in [5.41, 5.74) is 3.01. The van der Waals surface area contributed by atoms with Crippen molar-refractivity contribution >= 4 is 11.6 Å². The van der Waals surface area contributed by atoms with E-state index in [0.717, 1.165) is 22.6 Å². The van der Waals surface area contributed by atoms with Crippen molar-refractivity contribution in [1.82, 2.24) is 4.98 Å². The lowest BCUT2D eigenvalue weighted by atomic mass is 10.1. The Balaban J connectivity index is 1.83. The van der Waals surface area contributed by atoms with Crippen molar-refractivity contribution in [3.05, 3.63) is 83.6 Å². The van der Waals surface area contributed by atoms with Crippen LogP contribution in [-0.4, -0.2) is 4.98 Å². The van der Waals surface area contributed by atoms with Gasteiger partial charge in [0.05, 0.1) is 5.69 Å². The van der Waals surface area contributed by atoms with Gasteiger partial charge in [-0.3, -0.25) is 0 Å². The van der Waals surface area contributed by atoms with Crippen molar-refractivity contribution in [3.63, 3.8) is 0 Å². The average molecular weight is 296 g/mol. The quantitative estimate of drug-likeness (QED) is 0.633. The van der Waals surface area contributed by atoms with Crippen LogP contribution in [0.3, 0.4) is 0 Å². The molecular weight excluding hydrogens is 282 g/mol. The molecule has 0 unspecified atom stereocenters. The number of pyridine rings is 1. The number of hydrogen-bond donors (Lipinski definition) is 0. The molecule has 2 aromatic carbocycles. The molecule has 104 valence electrons. The van der Waals surface area contributed by atoms with Crippen LogP contribution in [0.5, 0.6) is 5.75 Å². The monoisotopic (exact) mass is 295 g/mol. The minimum absolute atomic E-state index is 0.393. The molecule has 0 atom stereocenters. The van der Waals surface area contributed by atoms with E-state index in [2.05, 4.69) is 23.2 Å². The second-order valence-electron chi connectivity index (χ2n) is 4.60. The molecular formula is C18H14ClNO. The van der Waals surface area contributed by atoms with Gasteiger partial charge in [0.2, 0.25) is 0 Å². The molecule has 0 saturated heterocycles. The minimum atomic E-state index is 0.393. The van der Waals surface area contributed by atoms with Crippen LogP contribution in [-0.2, 0) is 6.61 Å². The molecule has 0 aliphatic rings. The summed E-state index contributed by atoms with van der Waals surface area (Å²) < 4.78 is 5.91. The van der Waals surface area contributed by atoms with E-state index in [1.54, 1.807) is 6.07 Å². The van der Waals surface area contributed by atoms with Gasteiger partial charge in [-0.25, -0.2) is 4.98 Å². The van der Waals surface area contributed by atoms with Gasteiger partial charge in [-0.2, -0.15) is 0 Å². The standard InChI is InChI=1S/C18H14ClNO/c19-18-12-6-9-15(20-18)13-21-17-11-5-4-10-16(17)14-7-2-1-3-8-14/h1-12H,13H2. The Kier molecular flexibility index (Phi) is 4.17. The predicted molar refractivity (Wildman–Crippen MR) is 85.5 cm³/mol. The number of hydrogen-bond acceptors (Lipinski definition) is 2. The van der Waals surface area contributed by atoms with E-state index in [1.165, 1.54) is 0 Å². The van der Waals surface area contributed by atoms with Crippen LogP contribution in [0.25, 0.3) is 11.1 Å². The van der Waals surface area contributed by atoms with Crippen molar-refractivity contribution in [1.29, 1.82) is 0 Å². The number of halogens is 1. The van der Waals surface area contributed by atoms with Crippen LogP contribution in [0.2, 0.25) is 5.15 Å². The lowest BCUT2D eigenvalue weighted by Crippen LogP contribution is -1.99. The molecule has 0 spiro atoms. The lowest BCUT2D eigenvalue weighted by molar-refractivity contribution is 0.302. The van der Waals surface area contributed by atoms with E-state index < -0.39 is 0 Å². The molecule has 0 aliphatic carbocycles. The van der Waals surface area contributed by atoms with Gasteiger partial charge in [0.25, 0.3) is 0 Å². The summed E-state index contributed by atoms with van der Waals surface area (Å²) in [7, 11) is 0. The molecule has 2 nitrogen and oxygen atoms in total. The second-order valence-corrected chi connectivity index (χ2v) is 4.99. The van der Waals surface area contributed by atoms with Gasteiger partial charge in [0.1, 0.15) is 17.5 Å². The first-order valence-corrected chi connectivity index (χ1v) is 7.09. The van der Waals surface area contributed by atoms with Crippen molar-refractivity contribution < 1.29 is 4.74 Å². The third-order valence-corrected chi connectivity index (χ3v) is 3.33. The maximum absolute atomic E-state index is 5.91. The SMILES string of the molecule is Clc1cccc(COc2ccccc2-c2ccccc2)n1. The largest absolute Gasteiger partial charge is 0.487 e. The topological polar surface area (TPSA) is 22.1 Å². The molecule has 0 fully saturated rings. The van der Waals surface area contributed by atoms with Crippen molar-refractivity contribution in [2.45, 2.75) is 6.61 Å². The predicted octanol–water partition coefficient (Wildman–Crippen LogP) is 4.98. The minimum Gasteiger partial charge on any atom is -0.487 e. The zero-order chi connectivity index (χ0) is 14.5. The van der Waals surface area contributed by atoms with E-state index in [0.29, 0.717) is 11.8 Å². The molecule has 3 aromatic rings. The number of ether oxygens (including phenoxy) is 1. The van der Waals surface area contributed by atoms with Crippen LogP contribution in [0.4, 0.5) is 0 Å². The van der Waals surface area contributed by atoms with Gasteiger partial charge in [0, 0.05) is 5.56 Å². The summed E-state index contributed by atoms with van der Waals surface area (Å²) in [5, 5.41) is 0.479. The second kappa shape index (κ2) is 6.42. The van der Waals surface area contributed by atoms with Crippen molar-refractivity contribution in [2.24, 2.45) is 0 Å². The number of benzene rings is 2. The highest BCUT2D eigenvalue weighted by molar-refractivity contribution is 6.29. The van der Waals surface area contributed by atoms with Crippen LogP contribution >= 0.6 is 11.6 Å². The first-order chi connectivity index (χ1) is 10.3. The Morgan fingerprint density at radius 1 is 0.810 bits per heavy atom. The Labute approximate surface area is 129 Å². The van der Waals surface area contributed by atoms with Gasteiger partial charge in [0.15, 0.2) is 0 Å².